The Kier molecular flexibility index (Phi) is 5.39. The smallest absolute Gasteiger partial charge is 0.172 e. The van der Waals surface area contributed by atoms with E-state index in [4.69, 9.17) is 4.74 Å². The average molecular weight is 304 g/mol. The maximum absolute atomic E-state index is 13.6. The number of Topliss-reactive ketones (excluding diaryl/α,β-unsaturated/α-hetero) is 1. The van der Waals surface area contributed by atoms with Crippen LogP contribution in [0.1, 0.15) is 21.5 Å². The molecule has 0 amide bonds. The van der Waals surface area contributed by atoms with E-state index in [1.807, 2.05) is 25.1 Å². The highest BCUT2D eigenvalue weighted by atomic mass is 32.2. The quantitative estimate of drug-likeness (QED) is 0.746. The van der Waals surface area contributed by atoms with Crippen LogP contribution in [0, 0.1) is 12.7 Å². The van der Waals surface area contributed by atoms with Crippen molar-refractivity contribution in [2.45, 2.75) is 12.7 Å². The summed E-state index contributed by atoms with van der Waals surface area (Å²) in [6, 6.07) is 12.5. The van der Waals surface area contributed by atoms with Crippen molar-refractivity contribution in [1.82, 2.24) is 0 Å². The van der Waals surface area contributed by atoms with Crippen LogP contribution in [0.15, 0.2) is 42.5 Å². The second kappa shape index (κ2) is 7.27. The van der Waals surface area contributed by atoms with Crippen molar-refractivity contribution >= 4 is 17.5 Å². The molecule has 0 aromatic heterocycles. The van der Waals surface area contributed by atoms with E-state index < -0.39 is 5.82 Å². The van der Waals surface area contributed by atoms with Gasteiger partial charge in [0, 0.05) is 11.3 Å². The molecule has 2 rings (SSSR count). The first-order valence-corrected chi connectivity index (χ1v) is 7.75. The molecule has 0 saturated carbocycles. The zero-order valence-corrected chi connectivity index (χ0v) is 12.9. The zero-order valence-electron chi connectivity index (χ0n) is 12.1. The first-order chi connectivity index (χ1) is 10.1. The summed E-state index contributed by atoms with van der Waals surface area (Å²) in [5.41, 5.74) is 2.77. The second-order valence-corrected chi connectivity index (χ2v) is 5.74. The van der Waals surface area contributed by atoms with Crippen LogP contribution in [0.2, 0.25) is 0 Å². The molecular formula is C17H17FO2S. The number of ketones is 1. The molecule has 2 nitrogen and oxygen atoms in total. The van der Waals surface area contributed by atoms with E-state index in [0.29, 0.717) is 11.3 Å². The standard InChI is InChI=1S/C17H17FO2S/c1-12-4-3-5-13(8-12)10-21-11-16(19)14-6-7-17(20-2)15(18)9-14/h3-9H,10-11H2,1-2H3. The second-order valence-electron chi connectivity index (χ2n) is 4.75. The Hall–Kier alpha value is -1.81. The molecular weight excluding hydrogens is 287 g/mol. The van der Waals surface area contributed by atoms with Crippen LogP contribution in [0.25, 0.3) is 0 Å². The molecule has 0 atom stereocenters. The molecule has 21 heavy (non-hydrogen) atoms. The SMILES string of the molecule is COc1ccc(C(=O)CSCc2cccc(C)c2)cc1F. The largest absolute Gasteiger partial charge is 0.494 e. The molecule has 0 spiro atoms. The molecule has 0 unspecified atom stereocenters. The summed E-state index contributed by atoms with van der Waals surface area (Å²) >= 11 is 1.53. The molecule has 0 aliphatic carbocycles. The molecule has 2 aromatic carbocycles. The third-order valence-corrected chi connectivity index (χ3v) is 4.06. The van der Waals surface area contributed by atoms with E-state index in [1.54, 1.807) is 6.07 Å². The van der Waals surface area contributed by atoms with Gasteiger partial charge in [0.25, 0.3) is 0 Å². The molecule has 0 fully saturated rings. The van der Waals surface area contributed by atoms with Gasteiger partial charge in [0.15, 0.2) is 17.3 Å². The number of carbonyl (C=O) groups is 1. The first kappa shape index (κ1) is 15.6. The fourth-order valence-electron chi connectivity index (χ4n) is 1.99. The summed E-state index contributed by atoms with van der Waals surface area (Å²) in [5.74, 6) is 0.673. The number of methoxy groups -OCH3 is 1. The van der Waals surface area contributed by atoms with E-state index in [9.17, 15) is 9.18 Å². The molecule has 0 saturated heterocycles. The van der Waals surface area contributed by atoms with Gasteiger partial charge >= 0.3 is 0 Å². The van der Waals surface area contributed by atoms with Crippen molar-refractivity contribution in [3.63, 3.8) is 0 Å². The third kappa shape index (κ3) is 4.33. The van der Waals surface area contributed by atoms with Gasteiger partial charge in [-0.1, -0.05) is 29.8 Å². The fourth-order valence-corrected chi connectivity index (χ4v) is 2.86. The number of rotatable bonds is 6. The van der Waals surface area contributed by atoms with E-state index in [-0.39, 0.29) is 11.5 Å². The van der Waals surface area contributed by atoms with Gasteiger partial charge < -0.3 is 4.74 Å². The van der Waals surface area contributed by atoms with Gasteiger partial charge in [-0.15, -0.1) is 11.8 Å². The Bertz CT molecular complexity index is 640. The van der Waals surface area contributed by atoms with Gasteiger partial charge in [-0.2, -0.15) is 0 Å². The highest BCUT2D eigenvalue weighted by molar-refractivity contribution is 7.99. The Morgan fingerprint density at radius 1 is 1.24 bits per heavy atom. The van der Waals surface area contributed by atoms with Crippen molar-refractivity contribution in [1.29, 1.82) is 0 Å². The van der Waals surface area contributed by atoms with Gasteiger partial charge in [0.1, 0.15) is 0 Å². The lowest BCUT2D eigenvalue weighted by molar-refractivity contribution is 0.102. The molecule has 110 valence electrons. The zero-order chi connectivity index (χ0) is 15.2. The lowest BCUT2D eigenvalue weighted by atomic mass is 10.1. The lowest BCUT2D eigenvalue weighted by Crippen LogP contribution is -2.04. The minimum atomic E-state index is -0.507. The molecule has 0 aliphatic rings. The summed E-state index contributed by atoms with van der Waals surface area (Å²) in [6.45, 7) is 2.04. The summed E-state index contributed by atoms with van der Waals surface area (Å²) in [6.07, 6.45) is 0. The van der Waals surface area contributed by atoms with Crippen LogP contribution in [-0.2, 0) is 5.75 Å². The van der Waals surface area contributed by atoms with Gasteiger partial charge in [-0.3, -0.25) is 4.79 Å². The van der Waals surface area contributed by atoms with Gasteiger partial charge in [-0.25, -0.2) is 4.39 Å². The van der Waals surface area contributed by atoms with Crippen molar-refractivity contribution in [2.75, 3.05) is 12.9 Å². The monoisotopic (exact) mass is 304 g/mol. The highest BCUT2D eigenvalue weighted by Gasteiger charge is 2.10. The van der Waals surface area contributed by atoms with Crippen molar-refractivity contribution in [2.24, 2.45) is 0 Å². The average Bonchev–Trinajstić information content (AvgIpc) is 2.47. The van der Waals surface area contributed by atoms with Gasteiger partial charge in [-0.05, 0) is 30.7 Å². The summed E-state index contributed by atoms with van der Waals surface area (Å²) in [5, 5.41) is 0. The number of aryl methyl sites for hydroxylation is 1. The fraction of sp³-hybridized carbons (Fsp3) is 0.235. The third-order valence-electron chi connectivity index (χ3n) is 3.06. The molecule has 0 heterocycles. The van der Waals surface area contributed by atoms with Crippen LogP contribution < -0.4 is 4.74 Å². The molecule has 2 aromatic rings. The lowest BCUT2D eigenvalue weighted by Gasteiger charge is -2.05. The number of benzene rings is 2. The van der Waals surface area contributed by atoms with Crippen LogP contribution in [0.5, 0.6) is 5.75 Å². The first-order valence-electron chi connectivity index (χ1n) is 6.60. The summed E-state index contributed by atoms with van der Waals surface area (Å²) in [7, 11) is 1.40. The normalized spacial score (nSPS) is 10.4. The molecule has 4 heteroatoms. The van der Waals surface area contributed by atoms with E-state index >= 15 is 0 Å². The molecule has 0 N–H and O–H groups in total. The number of hydrogen-bond acceptors (Lipinski definition) is 3. The van der Waals surface area contributed by atoms with Gasteiger partial charge in [0.2, 0.25) is 0 Å². The minimum Gasteiger partial charge on any atom is -0.494 e. The Labute approximate surface area is 128 Å². The predicted molar refractivity (Wildman–Crippen MR) is 84.6 cm³/mol. The molecule has 0 bridgehead atoms. The Morgan fingerprint density at radius 3 is 2.71 bits per heavy atom. The highest BCUT2D eigenvalue weighted by Crippen LogP contribution is 2.20. The van der Waals surface area contributed by atoms with Crippen molar-refractivity contribution < 1.29 is 13.9 Å². The summed E-state index contributed by atoms with van der Waals surface area (Å²) < 4.78 is 18.4. The number of halogens is 1. The van der Waals surface area contributed by atoms with E-state index in [0.717, 1.165) is 5.75 Å². The van der Waals surface area contributed by atoms with Crippen LogP contribution >= 0.6 is 11.8 Å². The van der Waals surface area contributed by atoms with Crippen LogP contribution in [0.4, 0.5) is 4.39 Å². The van der Waals surface area contributed by atoms with E-state index in [1.165, 1.54) is 42.1 Å². The Balaban J connectivity index is 1.91. The number of carbonyl (C=O) groups excluding carboxylic acids is 1. The van der Waals surface area contributed by atoms with E-state index in [2.05, 4.69) is 6.07 Å². The summed E-state index contributed by atoms with van der Waals surface area (Å²) in [4.78, 5) is 12.0. The van der Waals surface area contributed by atoms with Gasteiger partial charge in [0.05, 0.1) is 12.9 Å². The molecule has 0 aliphatic heterocycles. The van der Waals surface area contributed by atoms with Crippen LogP contribution in [0.3, 0.4) is 0 Å². The minimum absolute atomic E-state index is 0.0748. The van der Waals surface area contributed by atoms with Crippen molar-refractivity contribution in [3.8, 4) is 5.75 Å². The van der Waals surface area contributed by atoms with Crippen LogP contribution in [-0.4, -0.2) is 18.6 Å². The maximum Gasteiger partial charge on any atom is 0.172 e. The number of hydrogen-bond donors (Lipinski definition) is 0. The topological polar surface area (TPSA) is 26.3 Å². The number of ether oxygens (including phenoxy) is 1. The Morgan fingerprint density at radius 2 is 2.05 bits per heavy atom. The maximum atomic E-state index is 13.6. The number of thioether (sulfide) groups is 1. The van der Waals surface area contributed by atoms with Crippen molar-refractivity contribution in [3.05, 3.63) is 65.0 Å². The predicted octanol–water partition coefficient (Wildman–Crippen LogP) is 4.26. The molecule has 0 radical (unpaired) electrons.